The van der Waals surface area contributed by atoms with Crippen LogP contribution in [0, 0.1) is 0 Å². The molecule has 1 saturated carbocycles. The molecular weight excluding hydrogens is 491 g/mol. The highest BCUT2D eigenvalue weighted by Gasteiger charge is 2.44. The normalized spacial score (nSPS) is 19.5. The monoisotopic (exact) mass is 522 g/mol. The van der Waals surface area contributed by atoms with Crippen molar-refractivity contribution in [2.24, 2.45) is 4.99 Å². The highest BCUT2D eigenvalue weighted by Crippen LogP contribution is 2.48. The number of aliphatic imine (C=N–C) groups is 1. The van der Waals surface area contributed by atoms with Crippen molar-refractivity contribution in [2.45, 2.75) is 25.2 Å². The second kappa shape index (κ2) is 10.7. The molecule has 0 spiro atoms. The summed E-state index contributed by atoms with van der Waals surface area (Å²) in [6.07, 6.45) is 2.29. The maximum atomic E-state index is 12.4. The van der Waals surface area contributed by atoms with Crippen LogP contribution in [0.4, 0.5) is 0 Å². The first-order chi connectivity index (χ1) is 13.1. The summed E-state index contributed by atoms with van der Waals surface area (Å²) < 4.78 is 31.5. The van der Waals surface area contributed by atoms with Crippen molar-refractivity contribution in [3.05, 3.63) is 35.9 Å². The lowest BCUT2D eigenvalue weighted by Crippen LogP contribution is -2.45. The lowest BCUT2D eigenvalue weighted by atomic mass is 9.96. The summed E-state index contributed by atoms with van der Waals surface area (Å²) in [5, 5.41) is 6.38. The number of benzene rings is 1. The molecule has 1 aromatic carbocycles. The first-order valence-corrected chi connectivity index (χ1v) is 11.3. The fourth-order valence-electron chi connectivity index (χ4n) is 3.31. The van der Waals surface area contributed by atoms with E-state index in [9.17, 15) is 8.42 Å². The molecule has 0 atom stereocenters. The number of guanidine groups is 1. The molecule has 2 aliphatic rings. The van der Waals surface area contributed by atoms with E-state index >= 15 is 0 Å². The second-order valence-corrected chi connectivity index (χ2v) is 9.18. The summed E-state index contributed by atoms with van der Waals surface area (Å²) in [6, 6.07) is 10.5. The van der Waals surface area contributed by atoms with Gasteiger partial charge >= 0.3 is 0 Å². The molecule has 1 aliphatic heterocycles. The molecule has 158 valence electrons. The standard InChI is InChI=1S/C19H30N4O3S.HI/c1-2-20-18(21-10-15-27(24,25)23-11-13-26-14-12-23)22-16-19(8-9-19)17-6-4-3-5-7-17;/h3-7H,2,8-16H2,1H3,(H2,20,21,22);1H. The number of rotatable bonds is 8. The van der Waals surface area contributed by atoms with Gasteiger partial charge in [-0.3, -0.25) is 4.99 Å². The number of hydrogen-bond donors (Lipinski definition) is 2. The number of ether oxygens (including phenoxy) is 1. The van der Waals surface area contributed by atoms with Gasteiger partial charge in [-0.25, -0.2) is 8.42 Å². The van der Waals surface area contributed by atoms with E-state index in [2.05, 4.69) is 34.9 Å². The van der Waals surface area contributed by atoms with Crippen LogP contribution in [0.25, 0.3) is 0 Å². The first-order valence-electron chi connectivity index (χ1n) is 9.69. The number of hydrogen-bond acceptors (Lipinski definition) is 4. The SMILES string of the molecule is CCNC(=NCC1(c2ccccc2)CC1)NCCS(=O)(=O)N1CCOCC1.I. The summed E-state index contributed by atoms with van der Waals surface area (Å²) in [5.41, 5.74) is 1.48. The van der Waals surface area contributed by atoms with Gasteiger partial charge in [0.25, 0.3) is 0 Å². The third-order valence-electron chi connectivity index (χ3n) is 5.14. The van der Waals surface area contributed by atoms with Gasteiger partial charge in [-0.15, -0.1) is 24.0 Å². The van der Waals surface area contributed by atoms with Crippen LogP contribution in [0.15, 0.2) is 35.3 Å². The van der Waals surface area contributed by atoms with Gasteiger partial charge in [0.2, 0.25) is 10.0 Å². The number of halogens is 1. The van der Waals surface area contributed by atoms with Crippen molar-refractivity contribution < 1.29 is 13.2 Å². The van der Waals surface area contributed by atoms with E-state index in [4.69, 9.17) is 9.73 Å². The average Bonchev–Trinajstić information content (AvgIpc) is 3.49. The molecule has 3 rings (SSSR count). The minimum atomic E-state index is -3.26. The quantitative estimate of drug-likeness (QED) is 0.308. The van der Waals surface area contributed by atoms with Crippen molar-refractivity contribution >= 4 is 40.0 Å². The van der Waals surface area contributed by atoms with Gasteiger partial charge in [0.15, 0.2) is 5.96 Å². The van der Waals surface area contributed by atoms with Crippen LogP contribution in [-0.2, 0) is 20.2 Å². The minimum absolute atomic E-state index is 0. The maximum Gasteiger partial charge on any atom is 0.215 e. The highest BCUT2D eigenvalue weighted by atomic mass is 127. The van der Waals surface area contributed by atoms with Crippen molar-refractivity contribution in [1.82, 2.24) is 14.9 Å². The van der Waals surface area contributed by atoms with E-state index < -0.39 is 10.0 Å². The molecule has 1 aliphatic carbocycles. The summed E-state index contributed by atoms with van der Waals surface area (Å²) in [4.78, 5) is 4.72. The van der Waals surface area contributed by atoms with Gasteiger partial charge in [0, 0.05) is 31.6 Å². The molecule has 0 bridgehead atoms. The van der Waals surface area contributed by atoms with Crippen LogP contribution < -0.4 is 10.6 Å². The first kappa shape index (κ1) is 23.4. The molecule has 1 heterocycles. The van der Waals surface area contributed by atoms with E-state index in [0.717, 1.165) is 19.4 Å². The highest BCUT2D eigenvalue weighted by molar-refractivity contribution is 14.0. The van der Waals surface area contributed by atoms with Gasteiger partial charge < -0.3 is 15.4 Å². The number of morpholine rings is 1. The largest absolute Gasteiger partial charge is 0.379 e. The number of nitrogens with zero attached hydrogens (tertiary/aromatic N) is 2. The predicted molar refractivity (Wildman–Crippen MR) is 123 cm³/mol. The molecule has 2 N–H and O–H groups in total. The molecule has 0 radical (unpaired) electrons. The van der Waals surface area contributed by atoms with Crippen LogP contribution in [0.3, 0.4) is 0 Å². The Kier molecular flexibility index (Phi) is 8.97. The molecular formula is C19H31IN4O3S. The van der Waals surface area contributed by atoms with E-state index in [-0.39, 0.29) is 35.1 Å². The smallest absolute Gasteiger partial charge is 0.215 e. The summed E-state index contributed by atoms with van der Waals surface area (Å²) in [6.45, 7) is 5.61. The Morgan fingerprint density at radius 3 is 2.46 bits per heavy atom. The zero-order chi connectivity index (χ0) is 19.2. The van der Waals surface area contributed by atoms with E-state index in [1.807, 2.05) is 13.0 Å². The molecule has 0 aromatic heterocycles. The summed E-state index contributed by atoms with van der Waals surface area (Å²) >= 11 is 0. The summed E-state index contributed by atoms with van der Waals surface area (Å²) in [5.74, 6) is 0.734. The van der Waals surface area contributed by atoms with Crippen molar-refractivity contribution in [3.8, 4) is 0 Å². The van der Waals surface area contributed by atoms with E-state index in [0.29, 0.717) is 45.4 Å². The zero-order valence-corrected chi connectivity index (χ0v) is 19.5. The van der Waals surface area contributed by atoms with E-state index in [1.165, 1.54) is 9.87 Å². The van der Waals surface area contributed by atoms with Gasteiger partial charge in [0.05, 0.1) is 25.5 Å². The minimum Gasteiger partial charge on any atom is -0.379 e. The van der Waals surface area contributed by atoms with Crippen LogP contribution in [0.1, 0.15) is 25.3 Å². The Morgan fingerprint density at radius 2 is 1.86 bits per heavy atom. The lowest BCUT2D eigenvalue weighted by molar-refractivity contribution is 0.0730. The fraction of sp³-hybridized carbons (Fsp3) is 0.632. The number of sulfonamides is 1. The van der Waals surface area contributed by atoms with Crippen molar-refractivity contribution in [1.29, 1.82) is 0 Å². The van der Waals surface area contributed by atoms with Crippen LogP contribution >= 0.6 is 24.0 Å². The zero-order valence-electron chi connectivity index (χ0n) is 16.4. The topological polar surface area (TPSA) is 83.0 Å². The Morgan fingerprint density at radius 1 is 1.18 bits per heavy atom. The van der Waals surface area contributed by atoms with Gasteiger partial charge in [-0.05, 0) is 25.3 Å². The molecule has 2 fully saturated rings. The van der Waals surface area contributed by atoms with Gasteiger partial charge in [-0.1, -0.05) is 30.3 Å². The Bertz CT molecular complexity index is 733. The Labute approximate surface area is 185 Å². The maximum absolute atomic E-state index is 12.4. The summed E-state index contributed by atoms with van der Waals surface area (Å²) in [7, 11) is -3.26. The third kappa shape index (κ3) is 6.30. The molecule has 7 nitrogen and oxygen atoms in total. The fourth-order valence-corrected chi connectivity index (χ4v) is 4.63. The second-order valence-electron chi connectivity index (χ2n) is 7.10. The Hall–Kier alpha value is -0.910. The van der Waals surface area contributed by atoms with Gasteiger partial charge in [-0.2, -0.15) is 4.31 Å². The van der Waals surface area contributed by atoms with Crippen LogP contribution in [-0.4, -0.2) is 70.4 Å². The van der Waals surface area contributed by atoms with Crippen molar-refractivity contribution in [3.63, 3.8) is 0 Å². The van der Waals surface area contributed by atoms with Crippen molar-refractivity contribution in [2.75, 3.05) is 51.7 Å². The predicted octanol–water partition coefficient (Wildman–Crippen LogP) is 1.55. The lowest BCUT2D eigenvalue weighted by Gasteiger charge is -2.26. The molecule has 1 saturated heterocycles. The average molecular weight is 522 g/mol. The third-order valence-corrected chi connectivity index (χ3v) is 7.01. The molecule has 0 amide bonds. The molecule has 28 heavy (non-hydrogen) atoms. The van der Waals surface area contributed by atoms with Gasteiger partial charge in [0.1, 0.15) is 0 Å². The Balaban J connectivity index is 0.00000280. The van der Waals surface area contributed by atoms with Crippen LogP contribution in [0.5, 0.6) is 0 Å². The van der Waals surface area contributed by atoms with Crippen LogP contribution in [0.2, 0.25) is 0 Å². The molecule has 0 unspecified atom stereocenters. The molecule has 1 aromatic rings. The number of nitrogens with one attached hydrogen (secondary N) is 2. The molecule has 9 heteroatoms. The van der Waals surface area contributed by atoms with E-state index in [1.54, 1.807) is 0 Å².